The molecule has 1 heterocycles. The molecule has 11 heteroatoms. The van der Waals surface area contributed by atoms with Crippen molar-refractivity contribution in [2.24, 2.45) is 5.92 Å². The number of hydrogen-bond donors (Lipinski definition) is 2. The first-order valence-electron chi connectivity index (χ1n) is 8.31. The number of amides is 1. The van der Waals surface area contributed by atoms with Gasteiger partial charge in [-0.05, 0) is 50.0 Å². The highest BCUT2D eigenvalue weighted by Crippen LogP contribution is 2.28. The molecule has 1 aromatic carbocycles. The van der Waals surface area contributed by atoms with Gasteiger partial charge in [0, 0.05) is 19.3 Å². The van der Waals surface area contributed by atoms with Crippen LogP contribution in [0.1, 0.15) is 12.8 Å². The topological polar surface area (TPSA) is 78.9 Å². The molecule has 1 aliphatic rings. The van der Waals surface area contributed by atoms with Gasteiger partial charge in [0.05, 0.1) is 10.0 Å². The Morgan fingerprint density at radius 3 is 2.29 bits per heavy atom. The molecule has 6 nitrogen and oxygen atoms in total. The first kappa shape index (κ1) is 24.5. The number of aliphatic carboxylic acids is 1. The standard InChI is InChI=1S/C15H20Cl2N2O2.C2HF3O2/c1-21-10-15(20)19(9-11-4-6-18-7-5-11)12-2-3-13(16)14(17)8-12;3-2(4,5)1(6)7/h2-3,8,11,18H,4-7,9-10H2,1H3;(H,6,7). The number of alkyl halides is 3. The molecule has 0 aromatic heterocycles. The molecule has 2 N–H and O–H groups in total. The smallest absolute Gasteiger partial charge is 0.475 e. The van der Waals surface area contributed by atoms with Crippen LogP contribution in [0.25, 0.3) is 0 Å². The zero-order valence-electron chi connectivity index (χ0n) is 15.1. The third kappa shape index (κ3) is 8.22. The van der Waals surface area contributed by atoms with Crippen molar-refractivity contribution in [2.45, 2.75) is 19.0 Å². The molecule has 1 amide bonds. The average molecular weight is 445 g/mol. The van der Waals surface area contributed by atoms with Crippen LogP contribution in [0.2, 0.25) is 10.0 Å². The van der Waals surface area contributed by atoms with Crippen molar-refractivity contribution in [3.05, 3.63) is 28.2 Å². The van der Waals surface area contributed by atoms with Crippen LogP contribution in [0.4, 0.5) is 18.9 Å². The van der Waals surface area contributed by atoms with E-state index in [9.17, 15) is 18.0 Å². The lowest BCUT2D eigenvalue weighted by Gasteiger charge is -2.30. The number of rotatable bonds is 5. The van der Waals surface area contributed by atoms with Crippen LogP contribution in [0.15, 0.2) is 18.2 Å². The first-order chi connectivity index (χ1) is 13.1. The molecule has 0 saturated carbocycles. The number of piperidine rings is 1. The van der Waals surface area contributed by atoms with Gasteiger partial charge in [-0.2, -0.15) is 13.2 Å². The van der Waals surface area contributed by atoms with E-state index in [0.29, 0.717) is 22.5 Å². The molecule has 1 fully saturated rings. The van der Waals surface area contributed by atoms with Crippen molar-refractivity contribution in [3.63, 3.8) is 0 Å². The normalized spacial score (nSPS) is 14.8. The monoisotopic (exact) mass is 444 g/mol. The average Bonchev–Trinajstić information content (AvgIpc) is 2.63. The van der Waals surface area contributed by atoms with Crippen molar-refractivity contribution in [3.8, 4) is 0 Å². The van der Waals surface area contributed by atoms with E-state index in [0.717, 1.165) is 31.6 Å². The second-order valence-corrected chi connectivity index (χ2v) is 6.85. The fraction of sp³-hybridized carbons (Fsp3) is 0.529. The number of halogens is 5. The lowest BCUT2D eigenvalue weighted by atomic mass is 9.97. The number of carbonyl (C=O) groups excluding carboxylic acids is 1. The molecule has 0 atom stereocenters. The Kier molecular flexibility index (Phi) is 10.0. The summed E-state index contributed by atoms with van der Waals surface area (Å²) in [5.41, 5.74) is 0.769. The minimum Gasteiger partial charge on any atom is -0.475 e. The molecule has 158 valence electrons. The molecule has 0 radical (unpaired) electrons. The highest BCUT2D eigenvalue weighted by Gasteiger charge is 2.38. The highest BCUT2D eigenvalue weighted by molar-refractivity contribution is 6.42. The lowest BCUT2D eigenvalue weighted by Crippen LogP contribution is -2.41. The summed E-state index contributed by atoms with van der Waals surface area (Å²) in [7, 11) is 1.52. The van der Waals surface area contributed by atoms with Gasteiger partial charge in [-0.1, -0.05) is 23.2 Å². The molecule has 2 rings (SSSR count). The van der Waals surface area contributed by atoms with Gasteiger partial charge in [0.15, 0.2) is 0 Å². The SMILES string of the molecule is COCC(=O)N(CC1CCNCC1)c1ccc(Cl)c(Cl)c1.O=C(O)C(F)(F)F. The number of methoxy groups -OCH3 is 1. The van der Waals surface area contributed by atoms with Gasteiger partial charge >= 0.3 is 12.1 Å². The Hall–Kier alpha value is -1.55. The number of nitrogens with one attached hydrogen (secondary N) is 1. The van der Waals surface area contributed by atoms with Crippen LogP contribution in [0.5, 0.6) is 0 Å². The van der Waals surface area contributed by atoms with Gasteiger partial charge in [0.1, 0.15) is 6.61 Å². The van der Waals surface area contributed by atoms with E-state index in [4.69, 9.17) is 37.8 Å². The molecule has 1 saturated heterocycles. The van der Waals surface area contributed by atoms with Crippen LogP contribution in [-0.4, -0.2) is 56.5 Å². The second-order valence-electron chi connectivity index (χ2n) is 6.03. The van der Waals surface area contributed by atoms with Crippen LogP contribution in [-0.2, 0) is 14.3 Å². The molecular formula is C17H21Cl2F3N2O4. The predicted molar refractivity (Wildman–Crippen MR) is 100.0 cm³/mol. The van der Waals surface area contributed by atoms with Crippen molar-refractivity contribution in [1.82, 2.24) is 5.32 Å². The van der Waals surface area contributed by atoms with Crippen molar-refractivity contribution >= 4 is 40.8 Å². The Bertz CT molecular complexity index is 668. The van der Waals surface area contributed by atoms with Crippen molar-refractivity contribution in [2.75, 3.05) is 38.3 Å². The number of nitrogens with zero attached hydrogens (tertiary/aromatic N) is 1. The van der Waals surface area contributed by atoms with E-state index >= 15 is 0 Å². The molecule has 0 aliphatic carbocycles. The summed E-state index contributed by atoms with van der Waals surface area (Å²) in [5.74, 6) is -2.33. The zero-order chi connectivity index (χ0) is 21.3. The van der Waals surface area contributed by atoms with Crippen LogP contribution < -0.4 is 10.2 Å². The molecule has 28 heavy (non-hydrogen) atoms. The van der Waals surface area contributed by atoms with E-state index in [1.807, 2.05) is 6.07 Å². The number of carbonyl (C=O) groups is 2. The number of ether oxygens (including phenoxy) is 1. The quantitative estimate of drug-likeness (QED) is 0.724. The van der Waals surface area contributed by atoms with Gasteiger partial charge in [-0.3, -0.25) is 4.79 Å². The first-order valence-corrected chi connectivity index (χ1v) is 9.07. The Balaban J connectivity index is 0.000000480. The summed E-state index contributed by atoms with van der Waals surface area (Å²) in [5, 5.41) is 11.4. The maximum Gasteiger partial charge on any atom is 0.490 e. The van der Waals surface area contributed by atoms with Crippen molar-refractivity contribution in [1.29, 1.82) is 0 Å². The Labute approximate surface area is 170 Å². The second kappa shape index (κ2) is 11.5. The molecule has 1 aliphatic heterocycles. The minimum absolute atomic E-state index is 0.0607. The van der Waals surface area contributed by atoms with Crippen molar-refractivity contribution < 1.29 is 32.6 Å². The lowest BCUT2D eigenvalue weighted by molar-refractivity contribution is -0.192. The van der Waals surface area contributed by atoms with E-state index in [1.54, 1.807) is 17.0 Å². The van der Waals surface area contributed by atoms with E-state index in [2.05, 4.69) is 5.32 Å². The predicted octanol–water partition coefficient (Wildman–Crippen LogP) is 3.61. The molecule has 1 aromatic rings. The Morgan fingerprint density at radius 1 is 1.25 bits per heavy atom. The minimum atomic E-state index is -5.08. The van der Waals surface area contributed by atoms with Gasteiger partial charge in [0.2, 0.25) is 0 Å². The third-order valence-electron chi connectivity index (χ3n) is 3.93. The van der Waals surface area contributed by atoms with Gasteiger partial charge in [-0.25, -0.2) is 4.79 Å². The van der Waals surface area contributed by atoms with Gasteiger partial charge in [-0.15, -0.1) is 0 Å². The number of benzene rings is 1. The summed E-state index contributed by atoms with van der Waals surface area (Å²) in [4.78, 5) is 23.0. The van der Waals surface area contributed by atoms with E-state index in [1.165, 1.54) is 7.11 Å². The fourth-order valence-electron chi connectivity index (χ4n) is 2.53. The third-order valence-corrected chi connectivity index (χ3v) is 4.66. The van der Waals surface area contributed by atoms with Crippen LogP contribution >= 0.6 is 23.2 Å². The van der Waals surface area contributed by atoms with Crippen LogP contribution in [0.3, 0.4) is 0 Å². The summed E-state index contributed by atoms with van der Waals surface area (Å²) in [6.45, 7) is 2.74. The van der Waals surface area contributed by atoms with Gasteiger partial charge in [0.25, 0.3) is 5.91 Å². The summed E-state index contributed by atoms with van der Waals surface area (Å²) >= 11 is 12.0. The summed E-state index contributed by atoms with van der Waals surface area (Å²) in [6.07, 6.45) is -2.95. The number of hydrogen-bond acceptors (Lipinski definition) is 4. The number of carboxylic acid groups (broad SMARTS) is 1. The Morgan fingerprint density at radius 2 is 1.82 bits per heavy atom. The molecular weight excluding hydrogens is 424 g/mol. The van der Waals surface area contributed by atoms with Gasteiger partial charge < -0.3 is 20.1 Å². The van der Waals surface area contributed by atoms with Crippen LogP contribution in [0, 0.1) is 5.92 Å². The largest absolute Gasteiger partial charge is 0.490 e. The van der Waals surface area contributed by atoms with E-state index < -0.39 is 12.1 Å². The summed E-state index contributed by atoms with van der Waals surface area (Å²) in [6, 6.07) is 5.27. The molecule has 0 spiro atoms. The maximum atomic E-state index is 12.3. The summed E-state index contributed by atoms with van der Waals surface area (Å²) < 4.78 is 36.7. The highest BCUT2D eigenvalue weighted by atomic mass is 35.5. The fourth-order valence-corrected chi connectivity index (χ4v) is 2.82. The zero-order valence-corrected chi connectivity index (χ0v) is 16.6. The molecule has 0 unspecified atom stereocenters. The van der Waals surface area contributed by atoms with E-state index in [-0.39, 0.29) is 12.5 Å². The molecule has 0 bridgehead atoms. The number of anilines is 1. The number of carboxylic acids is 1. The maximum absolute atomic E-state index is 12.3.